The molecule has 0 radical (unpaired) electrons. The van der Waals surface area contributed by atoms with Crippen LogP contribution in [0.25, 0.3) is 0 Å². The number of carbonyl (C=O) groups excluding carboxylic acids is 1. The molecular formula is C11H11F3O3. The van der Waals surface area contributed by atoms with Crippen LogP contribution in [0.4, 0.5) is 13.2 Å². The summed E-state index contributed by atoms with van der Waals surface area (Å²) in [7, 11) is 1.09. The molecule has 0 saturated carbocycles. The number of halogens is 3. The lowest BCUT2D eigenvalue weighted by molar-refractivity contribution is -0.275. The Morgan fingerprint density at radius 2 is 1.82 bits per heavy atom. The summed E-state index contributed by atoms with van der Waals surface area (Å²) in [6.07, 6.45) is -4.84. The average molecular weight is 248 g/mol. The number of aryl methyl sites for hydroxylation is 2. The largest absolute Gasteiger partial charge is 0.573 e. The van der Waals surface area contributed by atoms with Gasteiger partial charge in [-0.05, 0) is 31.0 Å². The van der Waals surface area contributed by atoms with Gasteiger partial charge in [0.1, 0.15) is 11.3 Å². The lowest BCUT2D eigenvalue weighted by atomic mass is 10.1. The molecule has 0 aliphatic carbocycles. The zero-order valence-electron chi connectivity index (χ0n) is 9.51. The Labute approximate surface area is 96.1 Å². The molecule has 0 saturated heterocycles. The molecule has 1 rings (SSSR count). The summed E-state index contributed by atoms with van der Waals surface area (Å²) in [4.78, 5) is 11.4. The first-order valence-electron chi connectivity index (χ1n) is 4.70. The Kier molecular flexibility index (Phi) is 3.65. The zero-order chi connectivity index (χ0) is 13.2. The first-order valence-corrected chi connectivity index (χ1v) is 4.70. The van der Waals surface area contributed by atoms with Crippen LogP contribution in [0.3, 0.4) is 0 Å². The van der Waals surface area contributed by atoms with E-state index < -0.39 is 18.1 Å². The molecule has 0 bridgehead atoms. The summed E-state index contributed by atoms with van der Waals surface area (Å²) < 4.78 is 44.8. The molecule has 0 atom stereocenters. The number of esters is 1. The number of alkyl halides is 3. The van der Waals surface area contributed by atoms with Gasteiger partial charge in [-0.15, -0.1) is 13.2 Å². The van der Waals surface area contributed by atoms with E-state index >= 15 is 0 Å². The fourth-order valence-corrected chi connectivity index (χ4v) is 1.47. The van der Waals surface area contributed by atoms with Crippen LogP contribution in [0.1, 0.15) is 21.5 Å². The SMILES string of the molecule is COC(=O)c1cc(C)cc(C)c1OC(F)(F)F. The number of hydrogen-bond donors (Lipinski definition) is 0. The predicted octanol–water partition coefficient (Wildman–Crippen LogP) is 2.99. The Balaban J connectivity index is 3.30. The summed E-state index contributed by atoms with van der Waals surface area (Å²) in [5.74, 6) is -1.38. The molecule has 1 aromatic carbocycles. The van der Waals surface area contributed by atoms with E-state index in [0.717, 1.165) is 7.11 Å². The minimum atomic E-state index is -4.84. The first-order chi connectivity index (χ1) is 7.74. The second kappa shape index (κ2) is 4.65. The van der Waals surface area contributed by atoms with Gasteiger partial charge in [0.05, 0.1) is 7.11 Å². The van der Waals surface area contributed by atoms with Gasteiger partial charge in [-0.25, -0.2) is 4.79 Å². The highest BCUT2D eigenvalue weighted by Gasteiger charge is 2.34. The lowest BCUT2D eigenvalue weighted by Crippen LogP contribution is -2.20. The molecule has 17 heavy (non-hydrogen) atoms. The molecule has 94 valence electrons. The van der Waals surface area contributed by atoms with Crippen molar-refractivity contribution in [1.82, 2.24) is 0 Å². The molecule has 0 amide bonds. The van der Waals surface area contributed by atoms with E-state index in [2.05, 4.69) is 9.47 Å². The van der Waals surface area contributed by atoms with Crippen molar-refractivity contribution >= 4 is 5.97 Å². The van der Waals surface area contributed by atoms with Crippen LogP contribution in [0.5, 0.6) is 5.75 Å². The number of carbonyl (C=O) groups is 1. The van der Waals surface area contributed by atoms with Crippen molar-refractivity contribution in [3.63, 3.8) is 0 Å². The molecule has 0 heterocycles. The second-order valence-corrected chi connectivity index (χ2v) is 3.50. The number of methoxy groups -OCH3 is 1. The number of rotatable bonds is 2. The van der Waals surface area contributed by atoms with Crippen LogP contribution in [0.15, 0.2) is 12.1 Å². The third kappa shape index (κ3) is 3.37. The maximum Gasteiger partial charge on any atom is 0.573 e. The van der Waals surface area contributed by atoms with Gasteiger partial charge in [-0.1, -0.05) is 6.07 Å². The van der Waals surface area contributed by atoms with Gasteiger partial charge in [0.15, 0.2) is 0 Å². The Morgan fingerprint density at radius 3 is 2.29 bits per heavy atom. The number of benzene rings is 1. The van der Waals surface area contributed by atoms with E-state index in [1.807, 2.05) is 0 Å². The van der Waals surface area contributed by atoms with Crippen molar-refractivity contribution in [3.05, 3.63) is 28.8 Å². The normalized spacial score (nSPS) is 11.2. The molecule has 0 aliphatic rings. The van der Waals surface area contributed by atoms with Crippen LogP contribution < -0.4 is 4.74 Å². The summed E-state index contributed by atoms with van der Waals surface area (Å²) in [5, 5.41) is 0. The van der Waals surface area contributed by atoms with Crippen molar-refractivity contribution in [3.8, 4) is 5.75 Å². The Bertz CT molecular complexity index is 438. The quantitative estimate of drug-likeness (QED) is 0.755. The third-order valence-electron chi connectivity index (χ3n) is 2.04. The topological polar surface area (TPSA) is 35.5 Å². The zero-order valence-corrected chi connectivity index (χ0v) is 9.51. The Hall–Kier alpha value is -1.72. The standard InChI is InChI=1S/C11H11F3O3/c1-6-4-7(2)9(17-11(12,13)14)8(5-6)10(15)16-3/h4-5H,1-3H3. The molecule has 0 N–H and O–H groups in total. The number of hydrogen-bond acceptors (Lipinski definition) is 3. The molecule has 6 heteroatoms. The summed E-state index contributed by atoms with van der Waals surface area (Å²) in [6.45, 7) is 3.09. The van der Waals surface area contributed by atoms with Gasteiger partial charge in [0, 0.05) is 0 Å². The van der Waals surface area contributed by atoms with E-state index in [1.165, 1.54) is 19.1 Å². The highest BCUT2D eigenvalue weighted by Crippen LogP contribution is 2.31. The van der Waals surface area contributed by atoms with E-state index in [0.29, 0.717) is 5.56 Å². The van der Waals surface area contributed by atoms with Gasteiger partial charge in [0.25, 0.3) is 0 Å². The average Bonchev–Trinajstić information content (AvgIpc) is 2.19. The molecule has 0 unspecified atom stereocenters. The summed E-state index contributed by atoms with van der Waals surface area (Å²) >= 11 is 0. The smallest absolute Gasteiger partial charge is 0.465 e. The van der Waals surface area contributed by atoms with Crippen molar-refractivity contribution < 1.29 is 27.4 Å². The fourth-order valence-electron chi connectivity index (χ4n) is 1.47. The Morgan fingerprint density at radius 1 is 1.24 bits per heavy atom. The predicted molar refractivity (Wildman–Crippen MR) is 53.9 cm³/mol. The fraction of sp³-hybridized carbons (Fsp3) is 0.364. The van der Waals surface area contributed by atoms with Gasteiger partial charge in [0.2, 0.25) is 0 Å². The first kappa shape index (κ1) is 13.3. The minimum absolute atomic E-state index is 0.225. The van der Waals surface area contributed by atoms with Crippen LogP contribution in [-0.4, -0.2) is 19.4 Å². The highest BCUT2D eigenvalue weighted by atomic mass is 19.4. The maximum atomic E-state index is 12.2. The van der Waals surface area contributed by atoms with Crippen LogP contribution in [0.2, 0.25) is 0 Å². The second-order valence-electron chi connectivity index (χ2n) is 3.50. The molecule has 3 nitrogen and oxygen atoms in total. The van der Waals surface area contributed by atoms with Crippen molar-refractivity contribution in [2.24, 2.45) is 0 Å². The van der Waals surface area contributed by atoms with Gasteiger partial charge in [-0.3, -0.25) is 0 Å². The van der Waals surface area contributed by atoms with Gasteiger partial charge < -0.3 is 9.47 Å². The van der Waals surface area contributed by atoms with E-state index in [1.54, 1.807) is 6.92 Å². The van der Waals surface area contributed by atoms with Crippen LogP contribution in [0, 0.1) is 13.8 Å². The van der Waals surface area contributed by atoms with Crippen molar-refractivity contribution in [2.75, 3.05) is 7.11 Å². The maximum absolute atomic E-state index is 12.2. The molecular weight excluding hydrogens is 237 g/mol. The summed E-state index contributed by atoms with van der Waals surface area (Å²) in [5.41, 5.74) is 0.641. The van der Waals surface area contributed by atoms with Crippen LogP contribution in [-0.2, 0) is 4.74 Å². The summed E-state index contributed by atoms with van der Waals surface area (Å²) in [6, 6.07) is 2.79. The monoisotopic (exact) mass is 248 g/mol. The molecule has 0 aliphatic heterocycles. The lowest BCUT2D eigenvalue weighted by Gasteiger charge is -2.15. The van der Waals surface area contributed by atoms with Crippen molar-refractivity contribution in [2.45, 2.75) is 20.2 Å². The van der Waals surface area contributed by atoms with E-state index in [-0.39, 0.29) is 11.1 Å². The van der Waals surface area contributed by atoms with Crippen molar-refractivity contribution in [1.29, 1.82) is 0 Å². The van der Waals surface area contributed by atoms with Gasteiger partial charge in [-0.2, -0.15) is 0 Å². The minimum Gasteiger partial charge on any atom is -0.465 e. The van der Waals surface area contributed by atoms with Gasteiger partial charge >= 0.3 is 12.3 Å². The molecule has 0 spiro atoms. The van der Waals surface area contributed by atoms with E-state index in [9.17, 15) is 18.0 Å². The molecule has 0 aromatic heterocycles. The molecule has 1 aromatic rings. The van der Waals surface area contributed by atoms with Crippen LogP contribution >= 0.6 is 0 Å². The van der Waals surface area contributed by atoms with E-state index in [4.69, 9.17) is 0 Å². The molecule has 0 fully saturated rings. The highest BCUT2D eigenvalue weighted by molar-refractivity contribution is 5.93. The number of ether oxygens (including phenoxy) is 2. The third-order valence-corrected chi connectivity index (χ3v) is 2.04.